The number of hydrogen-bond donors (Lipinski definition) is 2. The topological polar surface area (TPSA) is 66.4 Å². The lowest BCUT2D eigenvalue weighted by Crippen LogP contribution is -2.43. The molecule has 118 valence electrons. The molecule has 2 rings (SSSR count). The molecule has 2 atom stereocenters. The number of hydrogen-bond acceptors (Lipinski definition) is 4. The van der Waals surface area contributed by atoms with Crippen LogP contribution >= 0.6 is 23.4 Å². The fourth-order valence-electron chi connectivity index (χ4n) is 2.60. The maximum atomic E-state index is 12.5. The lowest BCUT2D eigenvalue weighted by molar-refractivity contribution is 0.282. The number of aliphatic hydroxyl groups is 1. The molecule has 0 amide bonds. The monoisotopic (exact) mass is 349 g/mol. The first kappa shape index (κ1) is 17.1. The van der Waals surface area contributed by atoms with Gasteiger partial charge in [-0.15, -0.1) is 0 Å². The summed E-state index contributed by atoms with van der Waals surface area (Å²) in [7, 11) is -3.58. The molecule has 1 aliphatic rings. The third-order valence-electron chi connectivity index (χ3n) is 3.82. The van der Waals surface area contributed by atoms with Crippen molar-refractivity contribution in [1.29, 1.82) is 0 Å². The minimum Gasteiger partial charge on any atom is -0.392 e. The van der Waals surface area contributed by atoms with E-state index < -0.39 is 10.0 Å². The molecule has 0 aromatic heterocycles. The van der Waals surface area contributed by atoms with Gasteiger partial charge in [-0.3, -0.25) is 0 Å². The van der Waals surface area contributed by atoms with E-state index in [-0.39, 0.29) is 22.6 Å². The van der Waals surface area contributed by atoms with Crippen molar-refractivity contribution >= 4 is 33.4 Å². The first-order valence-electron chi connectivity index (χ1n) is 6.92. The second-order valence-electron chi connectivity index (χ2n) is 5.20. The predicted molar refractivity (Wildman–Crippen MR) is 87.3 cm³/mol. The van der Waals surface area contributed by atoms with E-state index in [4.69, 9.17) is 16.7 Å². The van der Waals surface area contributed by atoms with Gasteiger partial charge < -0.3 is 5.11 Å². The normalized spacial score (nSPS) is 23.2. The van der Waals surface area contributed by atoms with Gasteiger partial charge in [-0.05, 0) is 36.8 Å². The quantitative estimate of drug-likeness (QED) is 0.857. The zero-order valence-electron chi connectivity index (χ0n) is 11.9. The van der Waals surface area contributed by atoms with Crippen LogP contribution in [0.4, 0.5) is 0 Å². The van der Waals surface area contributed by atoms with E-state index in [0.717, 1.165) is 25.7 Å². The number of nitrogens with one attached hydrogen (secondary N) is 1. The molecule has 21 heavy (non-hydrogen) atoms. The number of benzene rings is 1. The number of halogens is 1. The standard InChI is InChI=1S/C14H20ClNO3S2/c1-20-14-5-3-2-4-13(14)16-21(18,19)11-7-6-10(9-17)12(15)8-11/h6-8,13-14,16-17H,2-5,9H2,1H3. The highest BCUT2D eigenvalue weighted by Gasteiger charge is 2.29. The molecule has 4 nitrogen and oxygen atoms in total. The third-order valence-corrected chi connectivity index (χ3v) is 6.83. The van der Waals surface area contributed by atoms with E-state index >= 15 is 0 Å². The maximum absolute atomic E-state index is 12.5. The zero-order valence-corrected chi connectivity index (χ0v) is 14.3. The van der Waals surface area contributed by atoms with Crippen molar-refractivity contribution in [2.24, 2.45) is 0 Å². The number of sulfonamides is 1. The Morgan fingerprint density at radius 1 is 1.38 bits per heavy atom. The van der Waals surface area contributed by atoms with Crippen LogP contribution in [-0.2, 0) is 16.6 Å². The van der Waals surface area contributed by atoms with Crippen LogP contribution < -0.4 is 4.72 Å². The van der Waals surface area contributed by atoms with Gasteiger partial charge in [0.05, 0.1) is 11.5 Å². The second-order valence-corrected chi connectivity index (χ2v) is 8.40. The van der Waals surface area contributed by atoms with E-state index in [1.165, 1.54) is 12.1 Å². The molecule has 0 saturated heterocycles. The van der Waals surface area contributed by atoms with Crippen LogP contribution in [0.1, 0.15) is 31.2 Å². The summed E-state index contributed by atoms with van der Waals surface area (Å²) in [5, 5.41) is 9.68. The van der Waals surface area contributed by atoms with Crippen molar-refractivity contribution in [1.82, 2.24) is 4.72 Å². The number of aliphatic hydroxyl groups excluding tert-OH is 1. The molecule has 1 aromatic rings. The van der Waals surface area contributed by atoms with Crippen LogP contribution in [0.5, 0.6) is 0 Å². The van der Waals surface area contributed by atoms with Gasteiger partial charge in [0.2, 0.25) is 10.0 Å². The van der Waals surface area contributed by atoms with Crippen LogP contribution in [0.25, 0.3) is 0 Å². The number of thioether (sulfide) groups is 1. The molecule has 0 radical (unpaired) electrons. The van der Waals surface area contributed by atoms with Crippen LogP contribution in [0, 0.1) is 0 Å². The van der Waals surface area contributed by atoms with Gasteiger partial charge in [-0.25, -0.2) is 13.1 Å². The molecule has 0 spiro atoms. The predicted octanol–water partition coefficient (Wildman–Crippen LogP) is 2.78. The van der Waals surface area contributed by atoms with Crippen molar-refractivity contribution in [3.05, 3.63) is 28.8 Å². The van der Waals surface area contributed by atoms with Crippen LogP contribution in [0.2, 0.25) is 5.02 Å². The molecule has 7 heteroatoms. The average molecular weight is 350 g/mol. The highest BCUT2D eigenvalue weighted by atomic mass is 35.5. The van der Waals surface area contributed by atoms with Crippen molar-refractivity contribution < 1.29 is 13.5 Å². The van der Waals surface area contributed by atoms with E-state index in [2.05, 4.69) is 4.72 Å². The summed E-state index contributed by atoms with van der Waals surface area (Å²) in [4.78, 5) is 0.148. The van der Waals surface area contributed by atoms with Crippen molar-refractivity contribution in [3.63, 3.8) is 0 Å². The molecule has 1 saturated carbocycles. The highest BCUT2D eigenvalue weighted by molar-refractivity contribution is 7.99. The Hall–Kier alpha value is -0.270. The molecule has 1 aliphatic carbocycles. The van der Waals surface area contributed by atoms with Gasteiger partial charge in [-0.1, -0.05) is 30.5 Å². The Labute approximate surface area is 135 Å². The number of rotatable bonds is 5. The summed E-state index contributed by atoms with van der Waals surface area (Å²) >= 11 is 7.69. The SMILES string of the molecule is CSC1CCCCC1NS(=O)(=O)c1ccc(CO)c(Cl)c1. The Morgan fingerprint density at radius 3 is 2.71 bits per heavy atom. The van der Waals surface area contributed by atoms with Gasteiger partial charge in [0, 0.05) is 16.3 Å². The molecule has 2 unspecified atom stereocenters. The summed E-state index contributed by atoms with van der Waals surface area (Å²) < 4.78 is 27.8. The molecule has 1 aromatic carbocycles. The smallest absolute Gasteiger partial charge is 0.240 e. The minimum absolute atomic E-state index is 0.0324. The summed E-state index contributed by atoms with van der Waals surface area (Å²) in [6.45, 7) is -0.205. The Bertz CT molecular complexity index is 592. The van der Waals surface area contributed by atoms with E-state index in [1.807, 2.05) is 6.26 Å². The average Bonchev–Trinajstić information content (AvgIpc) is 2.47. The first-order chi connectivity index (χ1) is 9.97. The van der Waals surface area contributed by atoms with Gasteiger partial charge >= 0.3 is 0 Å². The van der Waals surface area contributed by atoms with Gasteiger partial charge in [0.15, 0.2) is 0 Å². The zero-order chi connectivity index (χ0) is 15.5. The Kier molecular flexibility index (Phi) is 5.96. The van der Waals surface area contributed by atoms with Crippen molar-refractivity contribution in [2.45, 2.75) is 48.5 Å². The largest absolute Gasteiger partial charge is 0.392 e. The fourth-order valence-corrected chi connectivity index (χ4v) is 5.27. The molecule has 1 fully saturated rings. The molecule has 0 bridgehead atoms. The fraction of sp³-hybridized carbons (Fsp3) is 0.571. The summed E-state index contributed by atoms with van der Waals surface area (Å²) in [5.74, 6) is 0. The summed E-state index contributed by atoms with van der Waals surface area (Å²) in [6.07, 6.45) is 6.13. The van der Waals surface area contributed by atoms with Crippen LogP contribution in [0.15, 0.2) is 23.1 Å². The van der Waals surface area contributed by atoms with E-state index in [9.17, 15) is 8.42 Å². The van der Waals surface area contributed by atoms with Crippen LogP contribution in [0.3, 0.4) is 0 Å². The molecule has 0 heterocycles. The molecular weight excluding hydrogens is 330 g/mol. The summed E-state index contributed by atoms with van der Waals surface area (Å²) in [6, 6.07) is 4.39. The highest BCUT2D eigenvalue weighted by Crippen LogP contribution is 2.29. The lowest BCUT2D eigenvalue weighted by Gasteiger charge is -2.30. The molecule has 0 aliphatic heterocycles. The third kappa shape index (κ3) is 4.13. The Morgan fingerprint density at radius 2 is 2.10 bits per heavy atom. The van der Waals surface area contributed by atoms with Crippen LogP contribution in [-0.4, -0.2) is 31.1 Å². The molecule has 2 N–H and O–H groups in total. The lowest BCUT2D eigenvalue weighted by atomic mass is 9.96. The first-order valence-corrected chi connectivity index (χ1v) is 10.1. The summed E-state index contributed by atoms with van der Waals surface area (Å²) in [5.41, 5.74) is 0.523. The van der Waals surface area contributed by atoms with Gasteiger partial charge in [0.1, 0.15) is 0 Å². The van der Waals surface area contributed by atoms with Gasteiger partial charge in [-0.2, -0.15) is 11.8 Å². The Balaban J connectivity index is 2.19. The van der Waals surface area contributed by atoms with Gasteiger partial charge in [0.25, 0.3) is 0 Å². The van der Waals surface area contributed by atoms with Crippen molar-refractivity contribution in [2.75, 3.05) is 6.26 Å². The van der Waals surface area contributed by atoms with Crippen molar-refractivity contribution in [3.8, 4) is 0 Å². The van der Waals surface area contributed by atoms with E-state index in [1.54, 1.807) is 17.8 Å². The minimum atomic E-state index is -3.58. The van der Waals surface area contributed by atoms with E-state index in [0.29, 0.717) is 10.8 Å². The molecular formula is C14H20ClNO3S2. The second kappa shape index (κ2) is 7.33. The maximum Gasteiger partial charge on any atom is 0.240 e.